The molecule has 0 saturated carbocycles. The highest BCUT2D eigenvalue weighted by Crippen LogP contribution is 2.14. The second-order valence-electron chi connectivity index (χ2n) is 4.68. The van der Waals surface area contributed by atoms with E-state index < -0.39 is 18.8 Å². The van der Waals surface area contributed by atoms with E-state index >= 15 is 0 Å². The lowest BCUT2D eigenvalue weighted by Gasteiger charge is -2.18. The summed E-state index contributed by atoms with van der Waals surface area (Å²) in [5.41, 5.74) is 0. The Labute approximate surface area is 111 Å². The van der Waals surface area contributed by atoms with Gasteiger partial charge < -0.3 is 14.8 Å². The number of halogens is 3. The average Bonchev–Trinajstić information content (AvgIpc) is 2.29. The van der Waals surface area contributed by atoms with Gasteiger partial charge in [0.2, 0.25) is 0 Å². The molecule has 0 amide bonds. The number of ether oxygens (including phenoxy) is 2. The van der Waals surface area contributed by atoms with E-state index in [-0.39, 0.29) is 12.6 Å². The predicted octanol–water partition coefficient (Wildman–Crippen LogP) is 2.13. The Morgan fingerprint density at radius 1 is 1.32 bits per heavy atom. The topological polar surface area (TPSA) is 47.6 Å². The molecule has 4 nitrogen and oxygen atoms in total. The van der Waals surface area contributed by atoms with E-state index in [4.69, 9.17) is 0 Å². The molecule has 0 saturated heterocycles. The van der Waals surface area contributed by atoms with Crippen LogP contribution in [0.2, 0.25) is 0 Å². The van der Waals surface area contributed by atoms with Gasteiger partial charge in [-0.25, -0.2) is 0 Å². The summed E-state index contributed by atoms with van der Waals surface area (Å²) in [6, 6.07) is -0.424. The van der Waals surface area contributed by atoms with E-state index in [0.717, 1.165) is 0 Å². The summed E-state index contributed by atoms with van der Waals surface area (Å²) < 4.78 is 44.5. The molecule has 19 heavy (non-hydrogen) atoms. The van der Waals surface area contributed by atoms with Gasteiger partial charge in [0.25, 0.3) is 0 Å². The van der Waals surface area contributed by atoms with Crippen molar-refractivity contribution in [2.45, 2.75) is 38.9 Å². The van der Waals surface area contributed by atoms with Crippen molar-refractivity contribution in [3.63, 3.8) is 0 Å². The van der Waals surface area contributed by atoms with Crippen molar-refractivity contribution in [3.8, 4) is 0 Å². The number of carbonyl (C=O) groups is 1. The molecular weight excluding hydrogens is 263 g/mol. The minimum Gasteiger partial charge on any atom is -0.468 e. The maximum Gasteiger partial charge on any atom is 0.411 e. The van der Waals surface area contributed by atoms with Crippen LogP contribution < -0.4 is 5.32 Å². The van der Waals surface area contributed by atoms with Crippen molar-refractivity contribution in [2.75, 3.05) is 26.9 Å². The van der Waals surface area contributed by atoms with Crippen LogP contribution >= 0.6 is 0 Å². The molecule has 0 aliphatic heterocycles. The van der Waals surface area contributed by atoms with Gasteiger partial charge >= 0.3 is 12.1 Å². The number of hydrogen-bond acceptors (Lipinski definition) is 4. The van der Waals surface area contributed by atoms with Gasteiger partial charge in [-0.1, -0.05) is 13.8 Å². The number of esters is 1. The lowest BCUT2D eigenvalue weighted by molar-refractivity contribution is -0.173. The number of carbonyl (C=O) groups excluding carboxylic acids is 1. The quantitative estimate of drug-likeness (QED) is 0.521. The lowest BCUT2D eigenvalue weighted by Crippen LogP contribution is -2.39. The molecule has 0 aliphatic rings. The maximum absolute atomic E-state index is 11.8. The summed E-state index contributed by atoms with van der Waals surface area (Å²) in [6.07, 6.45) is -3.27. The highest BCUT2D eigenvalue weighted by molar-refractivity contribution is 5.75. The summed E-state index contributed by atoms with van der Waals surface area (Å²) in [4.78, 5) is 11.4. The standard InChI is InChI=1S/C12H22F3NO3/c1-9(2)7-10(11(17)18-3)16-5-4-6-19-8-12(13,14)15/h9-10,16H,4-8H2,1-3H3. The van der Waals surface area contributed by atoms with Crippen molar-refractivity contribution < 1.29 is 27.4 Å². The van der Waals surface area contributed by atoms with Gasteiger partial charge in [0, 0.05) is 6.61 Å². The van der Waals surface area contributed by atoms with Crippen LogP contribution in [0.25, 0.3) is 0 Å². The van der Waals surface area contributed by atoms with Crippen LogP contribution in [0.15, 0.2) is 0 Å². The van der Waals surface area contributed by atoms with Crippen LogP contribution in [0, 0.1) is 5.92 Å². The third-order valence-electron chi connectivity index (χ3n) is 2.31. The van der Waals surface area contributed by atoms with Gasteiger partial charge in [-0.15, -0.1) is 0 Å². The summed E-state index contributed by atoms with van der Waals surface area (Å²) in [5, 5.41) is 2.96. The number of methoxy groups -OCH3 is 1. The summed E-state index contributed by atoms with van der Waals surface area (Å²) in [7, 11) is 1.31. The van der Waals surface area contributed by atoms with Crippen LogP contribution in [-0.2, 0) is 14.3 Å². The van der Waals surface area contributed by atoms with Crippen LogP contribution in [0.5, 0.6) is 0 Å². The van der Waals surface area contributed by atoms with E-state index in [1.54, 1.807) is 0 Å². The Morgan fingerprint density at radius 3 is 2.42 bits per heavy atom. The zero-order valence-electron chi connectivity index (χ0n) is 11.5. The molecule has 0 rings (SSSR count). The van der Waals surface area contributed by atoms with Crippen molar-refractivity contribution in [1.29, 1.82) is 0 Å². The third-order valence-corrected chi connectivity index (χ3v) is 2.31. The van der Waals surface area contributed by atoms with E-state index in [1.807, 2.05) is 13.8 Å². The molecular formula is C12H22F3NO3. The normalized spacial score (nSPS) is 13.6. The number of hydrogen-bond donors (Lipinski definition) is 1. The molecule has 1 unspecified atom stereocenters. The SMILES string of the molecule is COC(=O)C(CC(C)C)NCCCOCC(F)(F)F. The van der Waals surface area contributed by atoms with Crippen LogP contribution in [0.3, 0.4) is 0 Å². The highest BCUT2D eigenvalue weighted by atomic mass is 19.4. The minimum absolute atomic E-state index is 0.00206. The minimum atomic E-state index is -4.29. The Balaban J connectivity index is 3.78. The molecule has 0 heterocycles. The zero-order valence-corrected chi connectivity index (χ0v) is 11.5. The fourth-order valence-electron chi connectivity index (χ4n) is 1.51. The molecule has 0 aromatic carbocycles. The van der Waals surface area contributed by atoms with Gasteiger partial charge in [-0.2, -0.15) is 13.2 Å². The van der Waals surface area contributed by atoms with Gasteiger partial charge in [0.1, 0.15) is 12.6 Å². The van der Waals surface area contributed by atoms with E-state index in [1.165, 1.54) is 7.11 Å². The molecule has 0 spiro atoms. The fraction of sp³-hybridized carbons (Fsp3) is 0.917. The Kier molecular flexibility index (Phi) is 8.75. The monoisotopic (exact) mass is 285 g/mol. The molecule has 0 aromatic heterocycles. The Morgan fingerprint density at radius 2 is 1.95 bits per heavy atom. The predicted molar refractivity (Wildman–Crippen MR) is 64.8 cm³/mol. The molecule has 0 fully saturated rings. The number of alkyl halides is 3. The first kappa shape index (κ1) is 18.2. The molecule has 114 valence electrons. The first-order valence-electron chi connectivity index (χ1n) is 6.22. The molecule has 0 aromatic rings. The number of nitrogens with one attached hydrogen (secondary N) is 1. The Hall–Kier alpha value is -0.820. The largest absolute Gasteiger partial charge is 0.468 e. The highest BCUT2D eigenvalue weighted by Gasteiger charge is 2.27. The van der Waals surface area contributed by atoms with Crippen molar-refractivity contribution in [2.24, 2.45) is 5.92 Å². The van der Waals surface area contributed by atoms with E-state index in [0.29, 0.717) is 25.3 Å². The van der Waals surface area contributed by atoms with E-state index in [9.17, 15) is 18.0 Å². The van der Waals surface area contributed by atoms with Gasteiger partial charge in [0.15, 0.2) is 0 Å². The van der Waals surface area contributed by atoms with Crippen molar-refractivity contribution >= 4 is 5.97 Å². The zero-order chi connectivity index (χ0) is 14.9. The summed E-state index contributed by atoms with van der Waals surface area (Å²) in [6.45, 7) is 3.12. The third kappa shape index (κ3) is 10.8. The average molecular weight is 285 g/mol. The smallest absolute Gasteiger partial charge is 0.411 e. The molecule has 7 heteroatoms. The van der Waals surface area contributed by atoms with Crippen LogP contribution in [0.1, 0.15) is 26.7 Å². The fourth-order valence-corrected chi connectivity index (χ4v) is 1.51. The van der Waals surface area contributed by atoms with Gasteiger partial charge in [0.05, 0.1) is 7.11 Å². The molecule has 0 aliphatic carbocycles. The van der Waals surface area contributed by atoms with E-state index in [2.05, 4.69) is 14.8 Å². The Bertz CT molecular complexity index is 257. The first-order valence-corrected chi connectivity index (χ1v) is 6.22. The maximum atomic E-state index is 11.8. The van der Waals surface area contributed by atoms with Crippen LogP contribution in [0.4, 0.5) is 13.2 Å². The molecule has 1 atom stereocenters. The van der Waals surface area contributed by atoms with Crippen LogP contribution in [-0.4, -0.2) is 45.1 Å². The first-order chi connectivity index (χ1) is 8.76. The molecule has 0 radical (unpaired) electrons. The van der Waals surface area contributed by atoms with Crippen molar-refractivity contribution in [1.82, 2.24) is 5.32 Å². The summed E-state index contributed by atoms with van der Waals surface area (Å²) >= 11 is 0. The van der Waals surface area contributed by atoms with Gasteiger partial charge in [-0.05, 0) is 25.3 Å². The second kappa shape index (κ2) is 9.14. The number of rotatable bonds is 9. The van der Waals surface area contributed by atoms with Crippen molar-refractivity contribution in [3.05, 3.63) is 0 Å². The molecule has 0 bridgehead atoms. The molecule has 1 N–H and O–H groups in total. The van der Waals surface area contributed by atoms with Gasteiger partial charge in [-0.3, -0.25) is 4.79 Å². The second-order valence-corrected chi connectivity index (χ2v) is 4.68. The summed E-state index contributed by atoms with van der Waals surface area (Å²) in [5.74, 6) is -0.0389. The lowest BCUT2D eigenvalue weighted by atomic mass is 10.0.